The topological polar surface area (TPSA) is 59.0 Å². The molecule has 3 aliphatic rings. The second-order valence-corrected chi connectivity index (χ2v) is 7.36. The molecule has 4 rings (SSSR count). The average Bonchev–Trinajstić information content (AvgIpc) is 3.39. The molecule has 0 radical (unpaired) electrons. The van der Waals surface area contributed by atoms with Gasteiger partial charge >= 0.3 is 0 Å². The number of rotatable bonds is 3. The summed E-state index contributed by atoms with van der Waals surface area (Å²) < 4.78 is 11.2. The fraction of sp³-hybridized carbons (Fsp3) is 0.632. The van der Waals surface area contributed by atoms with Crippen molar-refractivity contribution in [1.29, 1.82) is 0 Å². The molecular weight excluding hydrogens is 306 g/mol. The predicted molar refractivity (Wildman–Crippen MR) is 89.2 cm³/mol. The highest BCUT2D eigenvalue weighted by atomic mass is 16.5. The summed E-state index contributed by atoms with van der Waals surface area (Å²) in [6.07, 6.45) is 4.40. The molecule has 1 amide bonds. The van der Waals surface area contributed by atoms with Crippen LogP contribution in [0.15, 0.2) is 18.2 Å². The van der Waals surface area contributed by atoms with E-state index in [2.05, 4.69) is 0 Å². The van der Waals surface area contributed by atoms with Gasteiger partial charge in [-0.3, -0.25) is 4.79 Å². The lowest BCUT2D eigenvalue weighted by Crippen LogP contribution is -2.46. The van der Waals surface area contributed by atoms with Crippen LogP contribution in [0.4, 0.5) is 0 Å². The molecule has 2 aliphatic heterocycles. The summed E-state index contributed by atoms with van der Waals surface area (Å²) in [6.45, 7) is 1.93. The van der Waals surface area contributed by atoms with E-state index in [1.54, 1.807) is 7.11 Å². The van der Waals surface area contributed by atoms with Crippen molar-refractivity contribution in [2.45, 2.75) is 37.7 Å². The zero-order valence-electron chi connectivity index (χ0n) is 14.2. The molecule has 1 aliphatic carbocycles. The first-order valence-corrected chi connectivity index (χ1v) is 8.90. The van der Waals surface area contributed by atoms with Gasteiger partial charge in [0.2, 0.25) is 5.91 Å². The predicted octanol–water partition coefficient (Wildman–Crippen LogP) is 2.01. The van der Waals surface area contributed by atoms with Crippen LogP contribution in [0.25, 0.3) is 0 Å². The highest BCUT2D eigenvalue weighted by Crippen LogP contribution is 2.46. The molecule has 1 unspecified atom stereocenters. The highest BCUT2D eigenvalue weighted by Gasteiger charge is 2.48. The number of benzene rings is 1. The number of hydrogen-bond acceptors (Lipinski definition) is 4. The van der Waals surface area contributed by atoms with Crippen molar-refractivity contribution in [3.05, 3.63) is 23.8 Å². The molecule has 130 valence electrons. The van der Waals surface area contributed by atoms with E-state index < -0.39 is 5.60 Å². The molecule has 2 heterocycles. The molecule has 0 spiro atoms. The number of para-hydroxylation sites is 1. The van der Waals surface area contributed by atoms with Crippen LogP contribution < -0.4 is 9.47 Å². The number of aliphatic hydroxyl groups is 1. The lowest BCUT2D eigenvalue weighted by Gasteiger charge is -2.37. The van der Waals surface area contributed by atoms with Crippen LogP contribution in [0.3, 0.4) is 0 Å². The molecule has 2 fully saturated rings. The monoisotopic (exact) mass is 331 g/mol. The maximum atomic E-state index is 12.8. The summed E-state index contributed by atoms with van der Waals surface area (Å²) in [5, 5.41) is 10.3. The minimum Gasteiger partial charge on any atom is -0.493 e. The zero-order chi connectivity index (χ0) is 16.7. The molecule has 1 atom stereocenters. The Labute approximate surface area is 142 Å². The van der Waals surface area contributed by atoms with Gasteiger partial charge < -0.3 is 19.5 Å². The van der Waals surface area contributed by atoms with Gasteiger partial charge in [-0.2, -0.15) is 0 Å². The van der Waals surface area contributed by atoms with Crippen LogP contribution in [-0.4, -0.2) is 48.3 Å². The van der Waals surface area contributed by atoms with Crippen molar-refractivity contribution in [2.75, 3.05) is 26.8 Å². The van der Waals surface area contributed by atoms with E-state index in [4.69, 9.17) is 9.47 Å². The number of hydrogen-bond donors (Lipinski definition) is 1. The van der Waals surface area contributed by atoms with Crippen molar-refractivity contribution in [1.82, 2.24) is 4.90 Å². The second kappa shape index (κ2) is 5.96. The first-order valence-electron chi connectivity index (χ1n) is 8.90. The number of likely N-dealkylation sites (tertiary alicyclic amines) is 1. The van der Waals surface area contributed by atoms with Gasteiger partial charge in [0.15, 0.2) is 11.5 Å². The van der Waals surface area contributed by atoms with Gasteiger partial charge in [0, 0.05) is 13.1 Å². The Morgan fingerprint density at radius 2 is 2.08 bits per heavy atom. The minimum absolute atomic E-state index is 0.120. The number of amides is 1. The van der Waals surface area contributed by atoms with Crippen LogP contribution in [-0.2, 0) is 11.2 Å². The normalized spacial score (nSPS) is 25.6. The standard InChI is InChI=1S/C19H25NO4/c1-23-16-4-2-3-13-11-14(12-24-17(13)16)18(21)20-9-5-15(6-10-20)19(22)7-8-19/h2-4,14-15,22H,5-12H2,1H3. The second-order valence-electron chi connectivity index (χ2n) is 7.36. The number of ether oxygens (including phenoxy) is 2. The summed E-state index contributed by atoms with van der Waals surface area (Å²) in [6, 6.07) is 5.83. The maximum Gasteiger partial charge on any atom is 0.229 e. The molecule has 1 aromatic rings. The van der Waals surface area contributed by atoms with E-state index >= 15 is 0 Å². The van der Waals surface area contributed by atoms with Crippen LogP contribution in [0.5, 0.6) is 11.5 Å². The molecule has 0 bridgehead atoms. The van der Waals surface area contributed by atoms with Crippen LogP contribution in [0.2, 0.25) is 0 Å². The summed E-state index contributed by atoms with van der Waals surface area (Å²) >= 11 is 0. The van der Waals surface area contributed by atoms with Crippen LogP contribution >= 0.6 is 0 Å². The summed E-state index contributed by atoms with van der Waals surface area (Å²) in [5.74, 6) is 1.94. The molecular formula is C19H25NO4. The van der Waals surface area contributed by atoms with Crippen molar-refractivity contribution in [3.63, 3.8) is 0 Å². The zero-order valence-corrected chi connectivity index (χ0v) is 14.2. The maximum absolute atomic E-state index is 12.8. The largest absolute Gasteiger partial charge is 0.493 e. The molecule has 24 heavy (non-hydrogen) atoms. The quantitative estimate of drug-likeness (QED) is 0.920. The van der Waals surface area contributed by atoms with Crippen LogP contribution in [0, 0.1) is 11.8 Å². The lowest BCUT2D eigenvalue weighted by atomic mass is 9.88. The van der Waals surface area contributed by atoms with E-state index in [-0.39, 0.29) is 11.8 Å². The van der Waals surface area contributed by atoms with Crippen molar-refractivity contribution >= 4 is 5.91 Å². The Hall–Kier alpha value is -1.75. The molecule has 5 nitrogen and oxygen atoms in total. The molecule has 0 aromatic heterocycles. The van der Waals surface area contributed by atoms with Gasteiger partial charge in [-0.25, -0.2) is 0 Å². The van der Waals surface area contributed by atoms with E-state index in [9.17, 15) is 9.90 Å². The fourth-order valence-corrected chi connectivity index (χ4v) is 4.15. The van der Waals surface area contributed by atoms with E-state index in [0.29, 0.717) is 18.9 Å². The van der Waals surface area contributed by atoms with Crippen molar-refractivity contribution in [2.24, 2.45) is 11.8 Å². The van der Waals surface area contributed by atoms with E-state index in [1.165, 1.54) is 0 Å². The smallest absolute Gasteiger partial charge is 0.229 e. The number of carbonyl (C=O) groups is 1. The average molecular weight is 331 g/mol. The molecule has 1 aromatic carbocycles. The Bertz CT molecular complexity index is 632. The summed E-state index contributed by atoms with van der Waals surface area (Å²) in [5.41, 5.74) is 0.625. The van der Waals surface area contributed by atoms with Gasteiger partial charge in [-0.05, 0) is 49.7 Å². The van der Waals surface area contributed by atoms with Gasteiger partial charge in [-0.1, -0.05) is 12.1 Å². The van der Waals surface area contributed by atoms with E-state index in [0.717, 1.165) is 55.8 Å². The van der Waals surface area contributed by atoms with Crippen LogP contribution in [0.1, 0.15) is 31.2 Å². The first-order chi connectivity index (χ1) is 11.6. The third-order valence-corrected chi connectivity index (χ3v) is 5.85. The molecule has 1 saturated carbocycles. The third kappa shape index (κ3) is 2.75. The Morgan fingerprint density at radius 3 is 2.75 bits per heavy atom. The highest BCUT2D eigenvalue weighted by molar-refractivity contribution is 5.80. The number of fused-ring (bicyclic) bond motifs is 1. The van der Waals surface area contributed by atoms with Gasteiger partial charge in [0.25, 0.3) is 0 Å². The SMILES string of the molecule is COc1cccc2c1OCC(C(=O)N1CCC(C3(O)CC3)CC1)C2. The Morgan fingerprint density at radius 1 is 1.33 bits per heavy atom. The number of carbonyl (C=O) groups excluding carboxylic acids is 1. The third-order valence-electron chi connectivity index (χ3n) is 5.85. The minimum atomic E-state index is -0.418. The van der Waals surface area contributed by atoms with E-state index in [1.807, 2.05) is 23.1 Å². The van der Waals surface area contributed by atoms with Gasteiger partial charge in [0.05, 0.1) is 18.6 Å². The molecule has 1 N–H and O–H groups in total. The lowest BCUT2D eigenvalue weighted by molar-refractivity contribution is -0.139. The summed E-state index contributed by atoms with van der Waals surface area (Å²) in [7, 11) is 1.63. The van der Waals surface area contributed by atoms with Crippen molar-refractivity contribution < 1.29 is 19.4 Å². The number of methoxy groups -OCH3 is 1. The number of nitrogens with zero attached hydrogens (tertiary/aromatic N) is 1. The Kier molecular flexibility index (Phi) is 3.91. The first kappa shape index (κ1) is 15.8. The molecule has 1 saturated heterocycles. The number of piperidine rings is 1. The Balaban J connectivity index is 1.39. The summed E-state index contributed by atoms with van der Waals surface area (Å²) in [4.78, 5) is 14.8. The van der Waals surface area contributed by atoms with Gasteiger partial charge in [0.1, 0.15) is 6.61 Å². The fourth-order valence-electron chi connectivity index (χ4n) is 4.15. The van der Waals surface area contributed by atoms with Crippen molar-refractivity contribution in [3.8, 4) is 11.5 Å². The van der Waals surface area contributed by atoms with Gasteiger partial charge in [-0.15, -0.1) is 0 Å². The molecule has 5 heteroatoms.